The van der Waals surface area contributed by atoms with Crippen LogP contribution in [0.2, 0.25) is 5.02 Å². The first-order chi connectivity index (χ1) is 11.6. The van der Waals surface area contributed by atoms with Crippen LogP contribution < -0.4 is 5.32 Å². The number of rotatable bonds is 6. The van der Waals surface area contributed by atoms with Crippen LogP contribution in [0, 0.1) is 0 Å². The van der Waals surface area contributed by atoms with Crippen molar-refractivity contribution in [1.29, 1.82) is 0 Å². The standard InChI is InChI=1S/C18H19ClN2O3/c19-14-7-5-13(6-8-14)15-9-11-21(15)17(22)4-1-10-20-18(23)16-3-2-12-24-16/h2-3,5-8,12,15H,1,4,9-11H2,(H,20,23)/t15-/m0/s1. The van der Waals surface area contributed by atoms with Crippen molar-refractivity contribution >= 4 is 23.4 Å². The van der Waals surface area contributed by atoms with Gasteiger partial charge in [-0.15, -0.1) is 0 Å². The summed E-state index contributed by atoms with van der Waals surface area (Å²) < 4.78 is 5.01. The van der Waals surface area contributed by atoms with Gasteiger partial charge in [-0.1, -0.05) is 23.7 Å². The Morgan fingerprint density at radius 2 is 2.04 bits per heavy atom. The lowest BCUT2D eigenvalue weighted by molar-refractivity contribution is -0.139. The van der Waals surface area contributed by atoms with Crippen LogP contribution in [0.4, 0.5) is 0 Å². The molecule has 1 atom stereocenters. The van der Waals surface area contributed by atoms with Gasteiger partial charge in [-0.2, -0.15) is 0 Å². The van der Waals surface area contributed by atoms with Crippen molar-refractivity contribution < 1.29 is 14.0 Å². The molecule has 24 heavy (non-hydrogen) atoms. The molecule has 5 nitrogen and oxygen atoms in total. The Bertz CT molecular complexity index is 698. The molecule has 1 saturated heterocycles. The molecule has 0 spiro atoms. The van der Waals surface area contributed by atoms with E-state index < -0.39 is 0 Å². The maximum Gasteiger partial charge on any atom is 0.286 e. The topological polar surface area (TPSA) is 62.6 Å². The van der Waals surface area contributed by atoms with E-state index in [1.165, 1.54) is 6.26 Å². The summed E-state index contributed by atoms with van der Waals surface area (Å²) >= 11 is 5.90. The van der Waals surface area contributed by atoms with Crippen LogP contribution in [-0.2, 0) is 4.79 Å². The monoisotopic (exact) mass is 346 g/mol. The van der Waals surface area contributed by atoms with E-state index in [9.17, 15) is 9.59 Å². The van der Waals surface area contributed by atoms with Gasteiger partial charge in [0.1, 0.15) is 0 Å². The fraction of sp³-hybridized carbons (Fsp3) is 0.333. The van der Waals surface area contributed by atoms with Gasteiger partial charge in [-0.05, 0) is 42.7 Å². The van der Waals surface area contributed by atoms with Gasteiger partial charge in [0.15, 0.2) is 5.76 Å². The minimum absolute atomic E-state index is 0.119. The highest BCUT2D eigenvalue weighted by atomic mass is 35.5. The molecule has 1 fully saturated rings. The van der Waals surface area contributed by atoms with E-state index in [-0.39, 0.29) is 23.6 Å². The van der Waals surface area contributed by atoms with E-state index in [4.69, 9.17) is 16.0 Å². The maximum atomic E-state index is 12.3. The van der Waals surface area contributed by atoms with Gasteiger partial charge >= 0.3 is 0 Å². The number of amides is 2. The Morgan fingerprint density at radius 1 is 1.25 bits per heavy atom. The fourth-order valence-corrected chi connectivity index (χ4v) is 2.92. The van der Waals surface area contributed by atoms with Crippen molar-refractivity contribution in [2.75, 3.05) is 13.1 Å². The van der Waals surface area contributed by atoms with E-state index in [0.717, 1.165) is 18.5 Å². The highest BCUT2D eigenvalue weighted by Gasteiger charge is 2.32. The van der Waals surface area contributed by atoms with E-state index in [2.05, 4.69) is 5.32 Å². The summed E-state index contributed by atoms with van der Waals surface area (Å²) in [5.41, 5.74) is 1.12. The molecule has 6 heteroatoms. The van der Waals surface area contributed by atoms with Crippen LogP contribution in [0.25, 0.3) is 0 Å². The minimum atomic E-state index is -0.254. The Kier molecular flexibility index (Phi) is 5.20. The molecule has 1 aliphatic heterocycles. The number of carbonyl (C=O) groups excluding carboxylic acids is 2. The van der Waals surface area contributed by atoms with Crippen LogP contribution in [0.15, 0.2) is 47.1 Å². The number of hydrogen-bond acceptors (Lipinski definition) is 3. The molecule has 1 N–H and O–H groups in total. The molecule has 3 rings (SSSR count). The molecule has 0 unspecified atom stereocenters. The number of furan rings is 1. The SMILES string of the molecule is O=C(NCCCC(=O)N1CC[C@H]1c1ccc(Cl)cc1)c1ccco1. The van der Waals surface area contributed by atoms with E-state index >= 15 is 0 Å². The largest absolute Gasteiger partial charge is 0.459 e. The number of halogens is 1. The molecule has 0 bridgehead atoms. The quantitative estimate of drug-likeness (QED) is 0.815. The van der Waals surface area contributed by atoms with Crippen molar-refractivity contribution in [1.82, 2.24) is 10.2 Å². The first kappa shape index (κ1) is 16.6. The van der Waals surface area contributed by atoms with E-state index in [0.29, 0.717) is 24.4 Å². The number of benzene rings is 1. The number of likely N-dealkylation sites (tertiary alicyclic amines) is 1. The van der Waals surface area contributed by atoms with Crippen LogP contribution in [0.5, 0.6) is 0 Å². The number of hydrogen-bond donors (Lipinski definition) is 1. The summed E-state index contributed by atoms with van der Waals surface area (Å²) in [5, 5.41) is 3.44. The van der Waals surface area contributed by atoms with Crippen molar-refractivity contribution in [3.8, 4) is 0 Å². The highest BCUT2D eigenvalue weighted by molar-refractivity contribution is 6.30. The number of carbonyl (C=O) groups is 2. The van der Waals surface area contributed by atoms with Crippen LogP contribution in [0.1, 0.15) is 41.4 Å². The molecular weight excluding hydrogens is 328 g/mol. The number of nitrogens with one attached hydrogen (secondary N) is 1. The molecule has 126 valence electrons. The third-order valence-corrected chi connectivity index (χ3v) is 4.44. The summed E-state index contributed by atoms with van der Waals surface area (Å²) in [7, 11) is 0. The molecule has 2 heterocycles. The third-order valence-electron chi connectivity index (χ3n) is 4.19. The normalized spacial score (nSPS) is 16.5. The van der Waals surface area contributed by atoms with Crippen molar-refractivity contribution in [2.45, 2.75) is 25.3 Å². The molecule has 0 radical (unpaired) electrons. The van der Waals surface area contributed by atoms with Crippen LogP contribution in [0.3, 0.4) is 0 Å². The summed E-state index contributed by atoms with van der Waals surface area (Å²) in [5.74, 6) is 0.149. The zero-order valence-corrected chi connectivity index (χ0v) is 14.0. The molecule has 1 aromatic heterocycles. The van der Waals surface area contributed by atoms with Gasteiger partial charge in [0.05, 0.1) is 12.3 Å². The van der Waals surface area contributed by atoms with Gasteiger partial charge < -0.3 is 14.6 Å². The molecule has 2 aromatic rings. The molecule has 0 aliphatic carbocycles. The first-order valence-electron chi connectivity index (χ1n) is 8.02. The van der Waals surface area contributed by atoms with Crippen LogP contribution >= 0.6 is 11.6 Å². The molecule has 1 aliphatic rings. The summed E-state index contributed by atoms with van der Waals surface area (Å²) in [4.78, 5) is 25.9. The summed E-state index contributed by atoms with van der Waals surface area (Å²) in [6.07, 6.45) is 3.46. The summed E-state index contributed by atoms with van der Waals surface area (Å²) in [6.45, 7) is 1.23. The molecule has 1 aromatic carbocycles. The summed E-state index contributed by atoms with van der Waals surface area (Å²) in [6, 6.07) is 11.1. The van der Waals surface area contributed by atoms with Gasteiger partial charge in [0.2, 0.25) is 5.91 Å². The van der Waals surface area contributed by atoms with Gasteiger partial charge in [-0.3, -0.25) is 9.59 Å². The van der Waals surface area contributed by atoms with Crippen LogP contribution in [-0.4, -0.2) is 29.8 Å². The Labute approximate surface area is 145 Å². The van der Waals surface area contributed by atoms with Crippen molar-refractivity contribution in [3.63, 3.8) is 0 Å². The second-order valence-electron chi connectivity index (χ2n) is 5.78. The third kappa shape index (κ3) is 3.79. The number of nitrogens with zero attached hydrogens (tertiary/aromatic N) is 1. The average Bonchev–Trinajstić information content (AvgIpc) is 3.07. The second-order valence-corrected chi connectivity index (χ2v) is 6.22. The van der Waals surface area contributed by atoms with E-state index in [1.807, 2.05) is 29.2 Å². The predicted molar refractivity (Wildman–Crippen MR) is 90.8 cm³/mol. The maximum absolute atomic E-state index is 12.3. The first-order valence-corrected chi connectivity index (χ1v) is 8.39. The van der Waals surface area contributed by atoms with Crippen molar-refractivity contribution in [2.24, 2.45) is 0 Å². The van der Waals surface area contributed by atoms with E-state index in [1.54, 1.807) is 12.1 Å². The average molecular weight is 347 g/mol. The lowest BCUT2D eigenvalue weighted by Crippen LogP contribution is -2.45. The second kappa shape index (κ2) is 7.53. The molecule has 2 amide bonds. The van der Waals surface area contributed by atoms with Gasteiger partial charge in [0.25, 0.3) is 5.91 Å². The zero-order chi connectivity index (χ0) is 16.9. The fourth-order valence-electron chi connectivity index (χ4n) is 2.80. The lowest BCUT2D eigenvalue weighted by Gasteiger charge is -2.41. The zero-order valence-electron chi connectivity index (χ0n) is 13.2. The highest BCUT2D eigenvalue weighted by Crippen LogP contribution is 2.34. The lowest BCUT2D eigenvalue weighted by atomic mass is 9.94. The Morgan fingerprint density at radius 3 is 2.67 bits per heavy atom. The molecular formula is C18H19ClN2O3. The van der Waals surface area contributed by atoms with Gasteiger partial charge in [0, 0.05) is 24.5 Å². The Balaban J connectivity index is 1.42. The Hall–Kier alpha value is -2.27. The smallest absolute Gasteiger partial charge is 0.286 e. The minimum Gasteiger partial charge on any atom is -0.459 e. The predicted octanol–water partition coefficient (Wildman–Crippen LogP) is 3.42. The molecule has 0 saturated carbocycles. The van der Waals surface area contributed by atoms with Crippen molar-refractivity contribution in [3.05, 3.63) is 59.0 Å². The van der Waals surface area contributed by atoms with Gasteiger partial charge in [-0.25, -0.2) is 0 Å².